The van der Waals surface area contributed by atoms with E-state index in [2.05, 4.69) is 0 Å². The van der Waals surface area contributed by atoms with Crippen LogP contribution in [0, 0.1) is 55.4 Å². The molecular weight excluding hydrogens is 1020 g/mol. The molecule has 0 aromatic heterocycles. The number of aliphatic carboxylic acids is 1. The van der Waals surface area contributed by atoms with Gasteiger partial charge >= 0.3 is 11.9 Å². The Morgan fingerprint density at radius 2 is 0.808 bits per heavy atom. The van der Waals surface area contributed by atoms with E-state index in [0.29, 0.717) is 35.8 Å². The van der Waals surface area contributed by atoms with Gasteiger partial charge in [-0.05, 0) is 246 Å². The quantitative estimate of drug-likeness (QED) is 0.0347. The van der Waals surface area contributed by atoms with Crippen molar-refractivity contribution >= 4 is 59.2 Å². The fourth-order valence-corrected chi connectivity index (χ4v) is 12.2. The number of rotatable bonds is 22. The summed E-state index contributed by atoms with van der Waals surface area (Å²) < 4.78 is 29.7. The monoisotopic (exact) mass is 1100 g/mol. The highest BCUT2D eigenvalue weighted by Gasteiger charge is 2.36. The minimum Gasteiger partial charge on any atom is -0.492 e. The molecule has 424 valence electrons. The van der Waals surface area contributed by atoms with Crippen LogP contribution in [0.15, 0.2) is 60.7 Å². The first-order chi connectivity index (χ1) is 36.6. The lowest BCUT2D eigenvalue weighted by Crippen LogP contribution is -2.43. The Morgan fingerprint density at radius 1 is 0.487 bits per heavy atom. The van der Waals surface area contributed by atoms with Crippen LogP contribution in [0.2, 0.25) is 0 Å². The third-order valence-electron chi connectivity index (χ3n) is 13.9. The van der Waals surface area contributed by atoms with Gasteiger partial charge in [-0.15, -0.1) is 0 Å². The van der Waals surface area contributed by atoms with Crippen molar-refractivity contribution in [2.24, 2.45) is 0 Å². The van der Waals surface area contributed by atoms with Crippen LogP contribution in [-0.2, 0) is 14.3 Å². The number of hydrogen-bond donors (Lipinski definition) is 1. The Balaban J connectivity index is 0.000000289. The van der Waals surface area contributed by atoms with E-state index in [4.69, 9.17) is 23.7 Å². The van der Waals surface area contributed by atoms with Crippen molar-refractivity contribution in [1.82, 2.24) is 0 Å². The summed E-state index contributed by atoms with van der Waals surface area (Å²) in [6.07, 6.45) is 20.3. The number of esters is 1. The number of carbonyl (C=O) groups is 4. The zero-order chi connectivity index (χ0) is 57.5. The molecule has 2 saturated carbocycles. The number of ether oxygens (including phenoxy) is 5. The van der Waals surface area contributed by atoms with Crippen molar-refractivity contribution in [3.63, 3.8) is 0 Å². The average Bonchev–Trinajstić information content (AvgIpc) is 3.38. The Kier molecular flexibility index (Phi) is 23.2. The Bertz CT molecular complexity index is 2710. The van der Waals surface area contributed by atoms with Crippen LogP contribution >= 0.6 is 23.5 Å². The van der Waals surface area contributed by atoms with Gasteiger partial charge in [-0.3, -0.25) is 9.59 Å². The van der Waals surface area contributed by atoms with Gasteiger partial charge in [0.15, 0.2) is 22.8 Å². The number of thioether (sulfide) groups is 2. The van der Waals surface area contributed by atoms with Gasteiger partial charge in [0.1, 0.15) is 28.6 Å². The van der Waals surface area contributed by atoms with E-state index in [1.54, 1.807) is 32.1 Å². The Labute approximate surface area is 475 Å². The van der Waals surface area contributed by atoms with Crippen molar-refractivity contribution in [2.75, 3.05) is 24.7 Å². The van der Waals surface area contributed by atoms with Crippen molar-refractivity contribution < 1.29 is 48.0 Å². The molecule has 1 N–H and O–H groups in total. The molecule has 6 rings (SSSR count). The third kappa shape index (κ3) is 19.1. The fourth-order valence-electron chi connectivity index (χ4n) is 9.84. The van der Waals surface area contributed by atoms with E-state index >= 15 is 0 Å². The van der Waals surface area contributed by atoms with Crippen LogP contribution in [0.5, 0.6) is 23.0 Å². The zero-order valence-electron chi connectivity index (χ0n) is 49.4. The van der Waals surface area contributed by atoms with Crippen LogP contribution in [0.3, 0.4) is 0 Å². The summed E-state index contributed by atoms with van der Waals surface area (Å²) >= 11 is 4.06. The summed E-state index contributed by atoms with van der Waals surface area (Å²) in [6, 6.07) is 15.3. The normalized spacial score (nSPS) is 14.7. The van der Waals surface area contributed by atoms with E-state index in [-0.39, 0.29) is 11.6 Å². The maximum absolute atomic E-state index is 13.1. The highest BCUT2D eigenvalue weighted by Crippen LogP contribution is 2.34. The van der Waals surface area contributed by atoms with Crippen LogP contribution in [-0.4, -0.2) is 80.6 Å². The molecule has 0 bridgehead atoms. The van der Waals surface area contributed by atoms with E-state index in [0.717, 1.165) is 89.1 Å². The molecule has 10 nitrogen and oxygen atoms in total. The number of carbonyl (C=O) groups excluding carboxylic acids is 3. The minimum atomic E-state index is -1.33. The van der Waals surface area contributed by atoms with Gasteiger partial charge in [-0.25, -0.2) is 9.59 Å². The molecule has 0 saturated heterocycles. The van der Waals surface area contributed by atoms with Crippen LogP contribution < -0.4 is 18.9 Å². The maximum Gasteiger partial charge on any atom is 0.350 e. The minimum absolute atomic E-state index is 0.0581. The second-order valence-electron chi connectivity index (χ2n) is 23.2. The summed E-state index contributed by atoms with van der Waals surface area (Å²) in [7, 11) is 0. The average molecular weight is 1110 g/mol. The summed E-state index contributed by atoms with van der Waals surface area (Å²) in [5.41, 5.74) is 7.23. The molecule has 0 radical (unpaired) electrons. The number of carboxylic acids is 1. The van der Waals surface area contributed by atoms with Crippen molar-refractivity contribution in [3.05, 3.63) is 127 Å². The predicted octanol–water partition coefficient (Wildman–Crippen LogP) is 16.3. The van der Waals surface area contributed by atoms with Crippen LogP contribution in [0.25, 0.3) is 12.2 Å². The number of ketones is 2. The van der Waals surface area contributed by atoms with E-state index in [1.807, 2.05) is 154 Å². The molecule has 4 aromatic carbocycles. The second-order valence-corrected chi connectivity index (χ2v) is 26.0. The topological polar surface area (TPSA) is 135 Å². The molecule has 4 aromatic rings. The van der Waals surface area contributed by atoms with Gasteiger partial charge in [-0.2, -0.15) is 23.5 Å². The molecule has 2 fully saturated rings. The SMILES string of the molecule is Cc1cc(C(=O)/C=C/c2cc(C)c(OC(C)(C)C(=O)O)c(C)c2)cc(C)c1OCCSC1CCCCC1.Cc1cc(C(=O)/C=C/c2cc(C)c(OC(C)(C)C(=O)OC(C)(C)C)c(C)c2)cc(C)c1OCCSC1CCCCC1. The third-order valence-corrected chi connectivity index (χ3v) is 16.6. The summed E-state index contributed by atoms with van der Waals surface area (Å²) in [5, 5.41) is 10.9. The van der Waals surface area contributed by atoms with Gasteiger partial charge < -0.3 is 28.8 Å². The molecule has 0 atom stereocenters. The largest absolute Gasteiger partial charge is 0.492 e. The highest BCUT2D eigenvalue weighted by atomic mass is 32.2. The maximum atomic E-state index is 13.1. The smallest absolute Gasteiger partial charge is 0.350 e. The van der Waals surface area contributed by atoms with Crippen LogP contribution in [0.1, 0.15) is 189 Å². The summed E-state index contributed by atoms with van der Waals surface area (Å²) in [6.45, 7) is 28.9. The van der Waals surface area contributed by atoms with Gasteiger partial charge in [-0.1, -0.05) is 50.7 Å². The predicted molar refractivity (Wildman–Crippen MR) is 323 cm³/mol. The molecule has 0 spiro atoms. The van der Waals surface area contributed by atoms with E-state index < -0.39 is 28.7 Å². The first kappa shape index (κ1) is 63.4. The zero-order valence-corrected chi connectivity index (χ0v) is 51.1. The molecule has 12 heteroatoms. The van der Waals surface area contributed by atoms with E-state index in [9.17, 15) is 24.3 Å². The fraction of sp³-hybridized carbons (Fsp3) is 0.515. The lowest BCUT2D eigenvalue weighted by atomic mass is 10.0. The summed E-state index contributed by atoms with van der Waals surface area (Å²) in [5.74, 6) is 3.35. The number of allylic oxidation sites excluding steroid dienone is 2. The number of carboxylic acid groups (broad SMARTS) is 1. The second kappa shape index (κ2) is 28.6. The van der Waals surface area contributed by atoms with Gasteiger partial charge in [0.2, 0.25) is 0 Å². The first-order valence-electron chi connectivity index (χ1n) is 27.9. The molecule has 78 heavy (non-hydrogen) atoms. The summed E-state index contributed by atoms with van der Waals surface area (Å²) in [4.78, 5) is 50.1. The Morgan fingerprint density at radius 3 is 1.13 bits per heavy atom. The molecule has 0 heterocycles. The van der Waals surface area contributed by atoms with Crippen molar-refractivity contribution in [1.29, 1.82) is 0 Å². The lowest BCUT2D eigenvalue weighted by molar-refractivity contribution is -0.171. The van der Waals surface area contributed by atoms with E-state index in [1.165, 1.54) is 78.1 Å². The Hall–Kier alpha value is -5.46. The van der Waals surface area contributed by atoms with Crippen LogP contribution in [0.4, 0.5) is 0 Å². The van der Waals surface area contributed by atoms with Crippen molar-refractivity contribution in [2.45, 2.75) is 195 Å². The van der Waals surface area contributed by atoms with Gasteiger partial charge in [0.25, 0.3) is 0 Å². The number of aryl methyl sites for hydroxylation is 8. The van der Waals surface area contributed by atoms with Crippen molar-refractivity contribution in [3.8, 4) is 23.0 Å². The molecule has 2 aliphatic rings. The standard InChI is InChI=1S/C35H48O5S.C31H40O5S/c1-23-19-27(20-24(2)32(23)39-35(8,9)33(37)40-34(5,6)7)15-16-30(36)28-21-25(3)31(26(4)22-28)38-17-18-41-29-13-11-10-12-14-29;1-20-16-24(17-21(2)29(20)36-31(5,6)30(33)34)12-13-27(32)25-18-22(3)28(23(4)19-25)35-14-15-37-26-10-8-7-9-11-26/h15-16,19-22,29H,10-14,17-18H2,1-9H3;12-13,16-19,26H,7-11,14-15H2,1-6H3,(H,33,34)/b16-15+;13-12+. The molecule has 0 aliphatic heterocycles. The lowest BCUT2D eigenvalue weighted by Gasteiger charge is -2.30. The van der Waals surface area contributed by atoms with Gasteiger partial charge in [0.05, 0.1) is 13.2 Å². The number of benzene rings is 4. The first-order valence-corrected chi connectivity index (χ1v) is 30.0. The molecular formula is C66H88O10S2. The molecule has 0 unspecified atom stereocenters. The highest BCUT2D eigenvalue weighted by molar-refractivity contribution is 8.00. The number of hydrogen-bond acceptors (Lipinski definition) is 11. The molecule has 0 amide bonds. The molecule has 2 aliphatic carbocycles. The van der Waals surface area contributed by atoms with Gasteiger partial charge in [0, 0.05) is 33.1 Å².